The first-order chi connectivity index (χ1) is 6.42. The zero-order chi connectivity index (χ0) is 10.4. The Balaban J connectivity index is 2.08. The smallest absolute Gasteiger partial charge is 0.0309 e. The van der Waals surface area contributed by atoms with E-state index in [1.165, 1.54) is 39.0 Å². The van der Waals surface area contributed by atoms with Crippen molar-refractivity contribution in [2.45, 2.75) is 51.6 Å². The normalized spacial score (nSPS) is 36.0. The highest BCUT2D eigenvalue weighted by Crippen LogP contribution is 2.34. The average molecular weight is 196 g/mol. The van der Waals surface area contributed by atoms with Crippen LogP contribution in [0.1, 0.15) is 40.5 Å². The average Bonchev–Trinajstić information content (AvgIpc) is 2.42. The molecule has 0 bridgehead atoms. The molecule has 0 radical (unpaired) electrons. The van der Waals surface area contributed by atoms with E-state index in [4.69, 9.17) is 0 Å². The van der Waals surface area contributed by atoms with Crippen molar-refractivity contribution in [3.8, 4) is 0 Å². The molecule has 2 aliphatic heterocycles. The Bertz CT molecular complexity index is 219. The Labute approximate surface area is 88.3 Å². The molecule has 0 aromatic carbocycles. The van der Waals surface area contributed by atoms with Gasteiger partial charge in [-0.2, -0.15) is 0 Å². The summed E-state index contributed by atoms with van der Waals surface area (Å²) >= 11 is 0. The van der Waals surface area contributed by atoms with Crippen LogP contribution in [-0.2, 0) is 0 Å². The summed E-state index contributed by atoms with van der Waals surface area (Å²) in [6.07, 6.45) is 2.79. The molecule has 0 aromatic heterocycles. The first kappa shape index (κ1) is 10.4. The van der Waals surface area contributed by atoms with E-state index in [1.54, 1.807) is 0 Å². The molecule has 2 fully saturated rings. The molecule has 0 N–H and O–H groups in total. The molecule has 0 aliphatic carbocycles. The largest absolute Gasteiger partial charge is 0.295 e. The molecular formula is C12H24N2. The van der Waals surface area contributed by atoms with Crippen molar-refractivity contribution >= 4 is 0 Å². The second-order valence-electron chi connectivity index (χ2n) is 6.18. The lowest BCUT2D eigenvalue weighted by Gasteiger charge is -2.49. The minimum atomic E-state index is 0.345. The van der Waals surface area contributed by atoms with Gasteiger partial charge in [-0.15, -0.1) is 0 Å². The van der Waals surface area contributed by atoms with Gasteiger partial charge in [0.05, 0.1) is 0 Å². The van der Waals surface area contributed by atoms with Crippen LogP contribution in [0.4, 0.5) is 0 Å². The van der Waals surface area contributed by atoms with Crippen LogP contribution in [0.25, 0.3) is 0 Å². The third-order valence-electron chi connectivity index (χ3n) is 4.03. The van der Waals surface area contributed by atoms with Gasteiger partial charge < -0.3 is 0 Å². The van der Waals surface area contributed by atoms with Crippen molar-refractivity contribution in [1.29, 1.82) is 0 Å². The molecule has 2 heteroatoms. The second kappa shape index (κ2) is 3.21. The van der Waals surface area contributed by atoms with Gasteiger partial charge in [0, 0.05) is 30.7 Å². The summed E-state index contributed by atoms with van der Waals surface area (Å²) in [5.74, 6) is 0. The molecule has 0 amide bonds. The van der Waals surface area contributed by atoms with Gasteiger partial charge in [0.25, 0.3) is 0 Å². The topological polar surface area (TPSA) is 6.48 Å². The molecule has 2 aliphatic rings. The monoisotopic (exact) mass is 196 g/mol. The number of nitrogens with zero attached hydrogens (tertiary/aromatic N) is 2. The standard InChI is InChI=1S/C12H24N2/c1-11(2,3)14-9-8-13-7-5-6-12(13,4)10-14/h5-10H2,1-4H3/t12-/m0/s1. The molecule has 2 saturated heterocycles. The van der Waals surface area contributed by atoms with Gasteiger partial charge >= 0.3 is 0 Å². The number of hydrogen-bond acceptors (Lipinski definition) is 2. The number of piperazine rings is 1. The van der Waals surface area contributed by atoms with E-state index in [2.05, 4.69) is 37.5 Å². The van der Waals surface area contributed by atoms with Crippen molar-refractivity contribution in [1.82, 2.24) is 9.80 Å². The van der Waals surface area contributed by atoms with E-state index in [-0.39, 0.29) is 0 Å². The van der Waals surface area contributed by atoms with Crippen LogP contribution in [0.15, 0.2) is 0 Å². The minimum Gasteiger partial charge on any atom is -0.295 e. The summed E-state index contributed by atoms with van der Waals surface area (Å²) in [6.45, 7) is 14.6. The highest BCUT2D eigenvalue weighted by Gasteiger charge is 2.42. The Morgan fingerprint density at radius 2 is 1.79 bits per heavy atom. The molecule has 2 nitrogen and oxygen atoms in total. The van der Waals surface area contributed by atoms with E-state index >= 15 is 0 Å². The van der Waals surface area contributed by atoms with Gasteiger partial charge in [0.15, 0.2) is 0 Å². The fourth-order valence-electron chi connectivity index (χ4n) is 2.94. The van der Waals surface area contributed by atoms with Gasteiger partial charge in [0.1, 0.15) is 0 Å². The van der Waals surface area contributed by atoms with Crippen LogP contribution in [-0.4, -0.2) is 47.1 Å². The Morgan fingerprint density at radius 3 is 2.43 bits per heavy atom. The molecule has 0 saturated carbocycles. The van der Waals surface area contributed by atoms with E-state index in [1.807, 2.05) is 0 Å². The molecule has 14 heavy (non-hydrogen) atoms. The van der Waals surface area contributed by atoms with Crippen LogP contribution in [0.2, 0.25) is 0 Å². The fraction of sp³-hybridized carbons (Fsp3) is 1.00. The predicted octanol–water partition coefficient (Wildman–Crippen LogP) is 1.95. The predicted molar refractivity (Wildman–Crippen MR) is 60.5 cm³/mol. The van der Waals surface area contributed by atoms with Crippen LogP contribution >= 0.6 is 0 Å². The van der Waals surface area contributed by atoms with E-state index in [0.717, 1.165) is 0 Å². The lowest BCUT2D eigenvalue weighted by atomic mass is 9.92. The molecule has 2 rings (SSSR count). The van der Waals surface area contributed by atoms with Crippen molar-refractivity contribution in [2.75, 3.05) is 26.2 Å². The first-order valence-electron chi connectivity index (χ1n) is 5.92. The fourth-order valence-corrected chi connectivity index (χ4v) is 2.94. The quantitative estimate of drug-likeness (QED) is 0.584. The van der Waals surface area contributed by atoms with E-state index in [0.29, 0.717) is 11.1 Å². The van der Waals surface area contributed by atoms with Gasteiger partial charge in [-0.25, -0.2) is 0 Å². The maximum Gasteiger partial charge on any atom is 0.0309 e. The van der Waals surface area contributed by atoms with Gasteiger partial charge in [-0.05, 0) is 47.1 Å². The molecule has 82 valence electrons. The van der Waals surface area contributed by atoms with Crippen LogP contribution in [0.3, 0.4) is 0 Å². The third kappa shape index (κ3) is 1.70. The number of hydrogen-bond donors (Lipinski definition) is 0. The van der Waals surface area contributed by atoms with Gasteiger partial charge in [-0.1, -0.05) is 0 Å². The van der Waals surface area contributed by atoms with E-state index in [9.17, 15) is 0 Å². The summed E-state index contributed by atoms with van der Waals surface area (Å²) in [5.41, 5.74) is 0.823. The lowest BCUT2D eigenvalue weighted by Crippen LogP contribution is -2.61. The Hall–Kier alpha value is -0.0800. The molecule has 1 atom stereocenters. The van der Waals surface area contributed by atoms with E-state index < -0.39 is 0 Å². The molecule has 0 spiro atoms. The maximum absolute atomic E-state index is 2.69. The summed E-state index contributed by atoms with van der Waals surface area (Å²) in [4.78, 5) is 5.34. The molecule has 2 heterocycles. The molecule has 0 aromatic rings. The summed E-state index contributed by atoms with van der Waals surface area (Å²) < 4.78 is 0. The van der Waals surface area contributed by atoms with Crippen molar-refractivity contribution in [3.05, 3.63) is 0 Å². The summed E-state index contributed by atoms with van der Waals surface area (Å²) in [5, 5.41) is 0. The zero-order valence-corrected chi connectivity index (χ0v) is 10.1. The zero-order valence-electron chi connectivity index (χ0n) is 10.1. The van der Waals surface area contributed by atoms with Crippen molar-refractivity contribution < 1.29 is 0 Å². The second-order valence-corrected chi connectivity index (χ2v) is 6.18. The molecular weight excluding hydrogens is 172 g/mol. The van der Waals surface area contributed by atoms with Crippen LogP contribution in [0.5, 0.6) is 0 Å². The summed E-state index contributed by atoms with van der Waals surface area (Å²) in [7, 11) is 0. The Kier molecular flexibility index (Phi) is 2.39. The Morgan fingerprint density at radius 1 is 1.07 bits per heavy atom. The SMILES string of the molecule is CC(C)(C)N1CCN2CCC[C@@]2(C)C1. The third-order valence-corrected chi connectivity index (χ3v) is 4.03. The highest BCUT2D eigenvalue weighted by molar-refractivity contribution is 5.00. The number of fused-ring (bicyclic) bond motifs is 1. The van der Waals surface area contributed by atoms with Crippen molar-refractivity contribution in [2.24, 2.45) is 0 Å². The van der Waals surface area contributed by atoms with Gasteiger partial charge in [0.2, 0.25) is 0 Å². The molecule has 0 unspecified atom stereocenters. The highest BCUT2D eigenvalue weighted by atomic mass is 15.3. The minimum absolute atomic E-state index is 0.345. The first-order valence-corrected chi connectivity index (χ1v) is 5.92. The summed E-state index contributed by atoms with van der Waals surface area (Å²) in [6, 6.07) is 0. The number of rotatable bonds is 0. The van der Waals surface area contributed by atoms with Crippen LogP contribution < -0.4 is 0 Å². The van der Waals surface area contributed by atoms with Crippen LogP contribution in [0, 0.1) is 0 Å². The lowest BCUT2D eigenvalue weighted by molar-refractivity contribution is -0.00543. The van der Waals surface area contributed by atoms with Gasteiger partial charge in [-0.3, -0.25) is 9.80 Å². The van der Waals surface area contributed by atoms with Crippen molar-refractivity contribution in [3.63, 3.8) is 0 Å². The maximum atomic E-state index is 2.69.